The Hall–Kier alpha value is -1.14. The lowest BCUT2D eigenvalue weighted by molar-refractivity contribution is 0.0367. The van der Waals surface area contributed by atoms with E-state index in [1.807, 2.05) is 0 Å². The molecule has 1 aromatic rings. The average Bonchev–Trinajstić information content (AvgIpc) is 2.18. The van der Waals surface area contributed by atoms with E-state index in [0.717, 1.165) is 0 Å². The summed E-state index contributed by atoms with van der Waals surface area (Å²) in [4.78, 5) is 17.4. The van der Waals surface area contributed by atoms with Gasteiger partial charge in [-0.15, -0.1) is 0 Å². The number of rotatable bonds is 3. The summed E-state index contributed by atoms with van der Waals surface area (Å²) < 4.78 is 0.583. The number of anilines is 1. The number of nitrogens with two attached hydrogens (primary N) is 1. The highest BCUT2D eigenvalue weighted by molar-refractivity contribution is 9.10. The van der Waals surface area contributed by atoms with Gasteiger partial charge in [-0.1, -0.05) is 0 Å². The molecule has 0 unspecified atom stereocenters. The lowest BCUT2D eigenvalue weighted by Gasteiger charge is -2.25. The van der Waals surface area contributed by atoms with Crippen molar-refractivity contribution in [1.29, 1.82) is 0 Å². The van der Waals surface area contributed by atoms with E-state index in [2.05, 4.69) is 20.9 Å². The van der Waals surface area contributed by atoms with Gasteiger partial charge in [0.15, 0.2) is 0 Å². The van der Waals surface area contributed by atoms with Gasteiger partial charge in [0.1, 0.15) is 5.82 Å². The highest BCUT2D eigenvalue weighted by Crippen LogP contribution is 2.19. The second-order valence-corrected chi connectivity index (χ2v) is 5.42. The van der Waals surface area contributed by atoms with Gasteiger partial charge in [-0.25, -0.2) is 4.98 Å². The number of likely N-dealkylation sites (N-methyl/N-ethyl adjacent to an activating group) is 1. The summed E-state index contributed by atoms with van der Waals surface area (Å²) in [5.41, 5.74) is 5.04. The zero-order valence-electron chi connectivity index (χ0n) is 10.1. The average molecular weight is 302 g/mol. The fraction of sp³-hybridized carbons (Fsp3) is 0.455. The van der Waals surface area contributed by atoms with Gasteiger partial charge in [0.2, 0.25) is 0 Å². The molecule has 6 heteroatoms. The van der Waals surface area contributed by atoms with Gasteiger partial charge in [-0.05, 0) is 35.8 Å². The number of amides is 1. The second kappa shape index (κ2) is 5.01. The van der Waals surface area contributed by atoms with Crippen LogP contribution >= 0.6 is 15.9 Å². The first-order valence-electron chi connectivity index (χ1n) is 5.09. The first-order chi connectivity index (χ1) is 7.70. The molecule has 1 amide bonds. The van der Waals surface area contributed by atoms with Gasteiger partial charge in [0.05, 0.1) is 11.2 Å². The van der Waals surface area contributed by atoms with Gasteiger partial charge in [0, 0.05) is 24.3 Å². The Morgan fingerprint density at radius 2 is 2.24 bits per heavy atom. The third-order valence-electron chi connectivity index (χ3n) is 2.08. The van der Waals surface area contributed by atoms with E-state index in [9.17, 15) is 9.90 Å². The fourth-order valence-corrected chi connectivity index (χ4v) is 1.86. The van der Waals surface area contributed by atoms with Crippen molar-refractivity contribution in [3.8, 4) is 0 Å². The number of aliphatic hydroxyl groups is 1. The molecule has 0 aliphatic carbocycles. The van der Waals surface area contributed by atoms with Crippen LogP contribution in [0.2, 0.25) is 0 Å². The number of halogens is 1. The molecule has 3 N–H and O–H groups in total. The van der Waals surface area contributed by atoms with Crippen molar-refractivity contribution >= 4 is 27.7 Å². The summed E-state index contributed by atoms with van der Waals surface area (Å²) in [7, 11) is 1.63. The lowest BCUT2D eigenvalue weighted by atomic mass is 10.1. The molecule has 0 aliphatic heterocycles. The topological polar surface area (TPSA) is 79.5 Å². The Labute approximate surface area is 109 Å². The Balaban J connectivity index is 2.93. The number of pyridine rings is 1. The number of aromatic nitrogens is 1. The normalized spacial score (nSPS) is 11.4. The fourth-order valence-electron chi connectivity index (χ4n) is 1.48. The van der Waals surface area contributed by atoms with E-state index < -0.39 is 5.60 Å². The smallest absolute Gasteiger partial charge is 0.255 e. The van der Waals surface area contributed by atoms with Crippen LogP contribution < -0.4 is 5.73 Å². The predicted octanol–water partition coefficient (Wildman–Crippen LogP) is 1.27. The molecule has 1 rings (SSSR count). The van der Waals surface area contributed by atoms with Crippen LogP contribution in [0.3, 0.4) is 0 Å². The predicted molar refractivity (Wildman–Crippen MR) is 69.6 cm³/mol. The molecule has 0 atom stereocenters. The molecule has 94 valence electrons. The van der Waals surface area contributed by atoms with Crippen molar-refractivity contribution in [2.24, 2.45) is 0 Å². The number of carbonyl (C=O) groups is 1. The van der Waals surface area contributed by atoms with Gasteiger partial charge >= 0.3 is 0 Å². The van der Waals surface area contributed by atoms with Crippen LogP contribution in [0.4, 0.5) is 5.82 Å². The second-order valence-electron chi connectivity index (χ2n) is 4.56. The maximum Gasteiger partial charge on any atom is 0.255 e. The Bertz CT molecular complexity index is 429. The number of hydrogen-bond acceptors (Lipinski definition) is 4. The van der Waals surface area contributed by atoms with E-state index in [1.165, 1.54) is 17.2 Å². The number of nitrogen functional groups attached to an aromatic ring is 1. The van der Waals surface area contributed by atoms with E-state index in [-0.39, 0.29) is 18.3 Å². The minimum atomic E-state index is -0.935. The molecule has 17 heavy (non-hydrogen) atoms. The van der Waals surface area contributed by atoms with Crippen LogP contribution in [-0.2, 0) is 0 Å². The SMILES string of the molecule is CN(CC(C)(C)O)C(=O)c1cc(N)ncc1Br. The number of hydrogen-bond donors (Lipinski definition) is 2. The molecular weight excluding hydrogens is 286 g/mol. The molecule has 0 aromatic carbocycles. The molecule has 1 aromatic heterocycles. The lowest BCUT2D eigenvalue weighted by Crippen LogP contribution is -2.39. The first-order valence-corrected chi connectivity index (χ1v) is 5.89. The van der Waals surface area contributed by atoms with Gasteiger partial charge < -0.3 is 15.7 Å². The molecule has 5 nitrogen and oxygen atoms in total. The zero-order chi connectivity index (χ0) is 13.2. The van der Waals surface area contributed by atoms with E-state index in [4.69, 9.17) is 5.73 Å². The van der Waals surface area contributed by atoms with Crippen LogP contribution in [0.1, 0.15) is 24.2 Å². The Kier molecular flexibility index (Phi) is 4.11. The van der Waals surface area contributed by atoms with Crippen molar-refractivity contribution < 1.29 is 9.90 Å². The van der Waals surface area contributed by atoms with Crippen LogP contribution in [0.5, 0.6) is 0 Å². The molecular formula is C11H16BrN3O2. The van der Waals surface area contributed by atoms with Crippen molar-refractivity contribution in [1.82, 2.24) is 9.88 Å². The van der Waals surface area contributed by atoms with Crippen LogP contribution in [0.25, 0.3) is 0 Å². The third kappa shape index (κ3) is 3.98. The summed E-state index contributed by atoms with van der Waals surface area (Å²) >= 11 is 3.25. The van der Waals surface area contributed by atoms with Crippen molar-refractivity contribution in [2.75, 3.05) is 19.3 Å². The summed E-state index contributed by atoms with van der Waals surface area (Å²) in [6.07, 6.45) is 1.49. The third-order valence-corrected chi connectivity index (χ3v) is 2.71. The van der Waals surface area contributed by atoms with Gasteiger partial charge in [-0.2, -0.15) is 0 Å². The molecule has 0 radical (unpaired) electrons. The monoisotopic (exact) mass is 301 g/mol. The van der Waals surface area contributed by atoms with Crippen LogP contribution in [0.15, 0.2) is 16.7 Å². The maximum absolute atomic E-state index is 12.1. The van der Waals surface area contributed by atoms with Gasteiger partial charge in [-0.3, -0.25) is 4.79 Å². The first kappa shape index (κ1) is 13.9. The molecule has 0 spiro atoms. The molecule has 0 bridgehead atoms. The highest BCUT2D eigenvalue weighted by atomic mass is 79.9. The molecule has 0 saturated heterocycles. The van der Waals surface area contributed by atoms with Crippen molar-refractivity contribution in [3.05, 3.63) is 22.3 Å². The molecule has 0 fully saturated rings. The Morgan fingerprint density at radius 1 is 1.65 bits per heavy atom. The van der Waals surface area contributed by atoms with Crippen LogP contribution in [0, 0.1) is 0 Å². The maximum atomic E-state index is 12.1. The summed E-state index contributed by atoms with van der Waals surface area (Å²) in [6.45, 7) is 3.53. The standard InChI is InChI=1S/C11H16BrN3O2/c1-11(2,17)6-15(3)10(16)7-4-9(13)14-5-8(7)12/h4-5,17H,6H2,1-3H3,(H2,13,14). The molecule has 0 saturated carbocycles. The minimum Gasteiger partial charge on any atom is -0.389 e. The Morgan fingerprint density at radius 3 is 2.76 bits per heavy atom. The number of nitrogens with zero attached hydrogens (tertiary/aromatic N) is 2. The van der Waals surface area contributed by atoms with E-state index in [1.54, 1.807) is 20.9 Å². The van der Waals surface area contributed by atoms with Gasteiger partial charge in [0.25, 0.3) is 5.91 Å². The summed E-state index contributed by atoms with van der Waals surface area (Å²) in [5.74, 6) is 0.0707. The van der Waals surface area contributed by atoms with E-state index in [0.29, 0.717) is 10.0 Å². The highest BCUT2D eigenvalue weighted by Gasteiger charge is 2.22. The summed E-state index contributed by atoms with van der Waals surface area (Å²) in [6, 6.07) is 1.51. The molecule has 0 aliphatic rings. The quantitative estimate of drug-likeness (QED) is 0.881. The largest absolute Gasteiger partial charge is 0.389 e. The van der Waals surface area contributed by atoms with Crippen molar-refractivity contribution in [3.63, 3.8) is 0 Å². The minimum absolute atomic E-state index is 0.215. The number of carbonyl (C=O) groups excluding carboxylic acids is 1. The van der Waals surface area contributed by atoms with Crippen LogP contribution in [-0.4, -0.2) is 40.1 Å². The van der Waals surface area contributed by atoms with Crippen molar-refractivity contribution in [2.45, 2.75) is 19.4 Å². The molecule has 1 heterocycles. The zero-order valence-corrected chi connectivity index (χ0v) is 11.7. The summed E-state index contributed by atoms with van der Waals surface area (Å²) in [5, 5.41) is 9.67. The van der Waals surface area contributed by atoms with E-state index >= 15 is 0 Å².